The Morgan fingerprint density at radius 1 is 1.15 bits per heavy atom. The molecule has 0 heterocycles. The van der Waals surface area contributed by atoms with E-state index < -0.39 is 11.8 Å². The third kappa shape index (κ3) is 2.52. The quantitative estimate of drug-likeness (QED) is 0.904. The molecule has 0 radical (unpaired) electrons. The van der Waals surface area contributed by atoms with Crippen LogP contribution in [0.2, 0.25) is 0 Å². The van der Waals surface area contributed by atoms with Crippen LogP contribution in [0.25, 0.3) is 11.1 Å². The van der Waals surface area contributed by atoms with Gasteiger partial charge in [0.2, 0.25) is 0 Å². The maximum absolute atomic E-state index is 13.5. The summed E-state index contributed by atoms with van der Waals surface area (Å²) in [5, 5.41) is 18.0. The van der Waals surface area contributed by atoms with Gasteiger partial charge >= 0.3 is 5.97 Å². The van der Waals surface area contributed by atoms with Gasteiger partial charge in [0.05, 0.1) is 17.2 Å². The summed E-state index contributed by atoms with van der Waals surface area (Å²) in [5.74, 6) is -1.54. The highest BCUT2D eigenvalue weighted by Crippen LogP contribution is 2.28. The van der Waals surface area contributed by atoms with Crippen molar-refractivity contribution in [3.8, 4) is 17.2 Å². The predicted molar refractivity (Wildman–Crippen MR) is 73.0 cm³/mol. The Hall–Kier alpha value is -2.67. The molecular weight excluding hydrogens is 257 g/mol. The molecule has 0 aliphatic rings. The van der Waals surface area contributed by atoms with E-state index in [2.05, 4.69) is 0 Å². The lowest BCUT2D eigenvalue weighted by Crippen LogP contribution is -2.01. The van der Waals surface area contributed by atoms with Crippen LogP contribution in [0.15, 0.2) is 30.3 Å². The Labute approximate surface area is 115 Å². The molecule has 2 aromatic rings. The summed E-state index contributed by atoms with van der Waals surface area (Å²) in [6, 6.07) is 9.14. The third-order valence-corrected chi connectivity index (χ3v) is 3.14. The summed E-state index contributed by atoms with van der Waals surface area (Å²) < 4.78 is 13.5. The average Bonchev–Trinajstić information content (AvgIpc) is 2.37. The van der Waals surface area contributed by atoms with Crippen molar-refractivity contribution in [3.05, 3.63) is 58.4 Å². The maximum Gasteiger partial charge on any atom is 0.335 e. The average molecular weight is 269 g/mol. The molecule has 3 nitrogen and oxygen atoms in total. The van der Waals surface area contributed by atoms with Crippen LogP contribution in [0.4, 0.5) is 4.39 Å². The van der Waals surface area contributed by atoms with Crippen molar-refractivity contribution < 1.29 is 14.3 Å². The first-order chi connectivity index (χ1) is 9.42. The lowest BCUT2D eigenvalue weighted by molar-refractivity contribution is 0.0696. The molecule has 0 atom stereocenters. The molecule has 1 N–H and O–H groups in total. The number of carbonyl (C=O) groups is 1. The number of halogens is 1. The number of rotatable bonds is 2. The molecule has 4 heteroatoms. The Kier molecular flexibility index (Phi) is 3.53. The van der Waals surface area contributed by atoms with Crippen LogP contribution in [-0.4, -0.2) is 11.1 Å². The highest BCUT2D eigenvalue weighted by Gasteiger charge is 2.13. The molecule has 0 aliphatic carbocycles. The van der Waals surface area contributed by atoms with Gasteiger partial charge in [0.1, 0.15) is 5.82 Å². The van der Waals surface area contributed by atoms with Gasteiger partial charge in [0, 0.05) is 0 Å². The van der Waals surface area contributed by atoms with E-state index >= 15 is 0 Å². The monoisotopic (exact) mass is 269 g/mol. The zero-order chi connectivity index (χ0) is 14.9. The van der Waals surface area contributed by atoms with E-state index in [-0.39, 0.29) is 11.1 Å². The van der Waals surface area contributed by atoms with Gasteiger partial charge in [-0.15, -0.1) is 0 Å². The van der Waals surface area contributed by atoms with Gasteiger partial charge in [-0.2, -0.15) is 5.26 Å². The smallest absolute Gasteiger partial charge is 0.335 e. The fourth-order valence-corrected chi connectivity index (χ4v) is 2.20. The molecule has 0 saturated carbocycles. The van der Waals surface area contributed by atoms with Crippen molar-refractivity contribution in [1.29, 1.82) is 5.26 Å². The van der Waals surface area contributed by atoms with Gasteiger partial charge in [-0.1, -0.05) is 6.07 Å². The topological polar surface area (TPSA) is 61.1 Å². The summed E-state index contributed by atoms with van der Waals surface area (Å²) in [5.41, 5.74) is 2.98. The van der Waals surface area contributed by atoms with E-state index in [1.165, 1.54) is 12.1 Å². The fraction of sp³-hybridized carbons (Fsp3) is 0.125. The van der Waals surface area contributed by atoms with E-state index in [0.29, 0.717) is 16.7 Å². The fourth-order valence-electron chi connectivity index (χ4n) is 2.20. The van der Waals surface area contributed by atoms with Crippen molar-refractivity contribution in [2.24, 2.45) is 0 Å². The maximum atomic E-state index is 13.5. The molecule has 2 rings (SSSR count). The first kappa shape index (κ1) is 13.8. The minimum Gasteiger partial charge on any atom is -0.478 e. The number of carboxylic acid groups (broad SMARTS) is 1. The van der Waals surface area contributed by atoms with Gasteiger partial charge < -0.3 is 5.11 Å². The summed E-state index contributed by atoms with van der Waals surface area (Å²) in [6.07, 6.45) is 0. The Bertz CT molecular complexity index is 745. The van der Waals surface area contributed by atoms with Crippen LogP contribution < -0.4 is 0 Å². The molecule has 0 fully saturated rings. The number of benzene rings is 2. The molecule has 0 saturated heterocycles. The van der Waals surface area contributed by atoms with Crippen LogP contribution in [0.1, 0.15) is 27.0 Å². The molecule has 2 aromatic carbocycles. The molecule has 0 bridgehead atoms. The van der Waals surface area contributed by atoms with Crippen molar-refractivity contribution in [2.75, 3.05) is 0 Å². The van der Waals surface area contributed by atoms with E-state index in [4.69, 9.17) is 10.4 Å². The number of aryl methyl sites for hydroxylation is 2. The number of hydrogen-bond donors (Lipinski definition) is 1. The van der Waals surface area contributed by atoms with Crippen LogP contribution in [0.3, 0.4) is 0 Å². The predicted octanol–water partition coefficient (Wildman–Crippen LogP) is 3.68. The van der Waals surface area contributed by atoms with Gasteiger partial charge in [0.25, 0.3) is 0 Å². The molecule has 0 aliphatic heterocycles. The lowest BCUT2D eigenvalue weighted by Gasteiger charge is -2.10. The largest absolute Gasteiger partial charge is 0.478 e. The second-order valence-electron chi connectivity index (χ2n) is 4.63. The van der Waals surface area contributed by atoms with E-state index in [1.807, 2.05) is 13.0 Å². The van der Waals surface area contributed by atoms with E-state index in [1.54, 1.807) is 19.1 Å². The Morgan fingerprint density at radius 3 is 2.45 bits per heavy atom. The van der Waals surface area contributed by atoms with Crippen LogP contribution >= 0.6 is 0 Å². The van der Waals surface area contributed by atoms with Crippen molar-refractivity contribution >= 4 is 5.97 Å². The van der Waals surface area contributed by atoms with Crippen molar-refractivity contribution in [1.82, 2.24) is 0 Å². The Morgan fingerprint density at radius 2 is 1.85 bits per heavy atom. The first-order valence-corrected chi connectivity index (χ1v) is 5.98. The molecule has 100 valence electrons. The third-order valence-electron chi connectivity index (χ3n) is 3.14. The first-order valence-electron chi connectivity index (χ1n) is 5.98. The van der Waals surface area contributed by atoms with Gasteiger partial charge in [-0.05, 0) is 60.4 Å². The SMILES string of the molecule is Cc1cc(C)c(-c2cc(F)cc(C#N)c2)cc1C(=O)O. The summed E-state index contributed by atoms with van der Waals surface area (Å²) in [7, 11) is 0. The zero-order valence-electron chi connectivity index (χ0n) is 11.1. The number of nitrogens with zero attached hydrogens (tertiary/aromatic N) is 1. The van der Waals surface area contributed by atoms with Crippen LogP contribution in [0.5, 0.6) is 0 Å². The molecule has 0 spiro atoms. The van der Waals surface area contributed by atoms with Gasteiger partial charge in [-0.3, -0.25) is 0 Å². The summed E-state index contributed by atoms with van der Waals surface area (Å²) in [4.78, 5) is 11.2. The Balaban J connectivity index is 2.70. The standard InChI is InChI=1S/C16H12FNO2/c1-9-3-10(2)15(16(19)20)7-14(9)12-4-11(8-18)5-13(17)6-12/h3-7H,1-2H3,(H,19,20). The normalized spacial score (nSPS) is 10.1. The van der Waals surface area contributed by atoms with Crippen LogP contribution in [0, 0.1) is 31.0 Å². The highest BCUT2D eigenvalue weighted by molar-refractivity contribution is 5.91. The summed E-state index contributed by atoms with van der Waals surface area (Å²) >= 11 is 0. The number of nitriles is 1. The zero-order valence-corrected chi connectivity index (χ0v) is 11.1. The second-order valence-corrected chi connectivity index (χ2v) is 4.63. The molecule has 0 aromatic heterocycles. The lowest BCUT2D eigenvalue weighted by atomic mass is 9.94. The number of carboxylic acids is 1. The minimum absolute atomic E-state index is 0.174. The summed E-state index contributed by atoms with van der Waals surface area (Å²) in [6.45, 7) is 3.54. The molecular formula is C16H12FNO2. The van der Waals surface area contributed by atoms with Crippen LogP contribution in [-0.2, 0) is 0 Å². The minimum atomic E-state index is -1.03. The number of hydrogen-bond acceptors (Lipinski definition) is 2. The van der Waals surface area contributed by atoms with Crippen molar-refractivity contribution in [2.45, 2.75) is 13.8 Å². The van der Waals surface area contributed by atoms with Gasteiger partial charge in [0.15, 0.2) is 0 Å². The number of aromatic carboxylic acids is 1. The van der Waals surface area contributed by atoms with E-state index in [0.717, 1.165) is 11.6 Å². The van der Waals surface area contributed by atoms with Gasteiger partial charge in [-0.25, -0.2) is 9.18 Å². The molecule has 0 unspecified atom stereocenters. The highest BCUT2D eigenvalue weighted by atomic mass is 19.1. The second kappa shape index (κ2) is 5.14. The van der Waals surface area contributed by atoms with Crippen molar-refractivity contribution in [3.63, 3.8) is 0 Å². The molecule has 0 amide bonds. The molecule has 20 heavy (non-hydrogen) atoms. The van der Waals surface area contributed by atoms with E-state index in [9.17, 15) is 9.18 Å².